The minimum atomic E-state index is -5.70. The number of fused-ring (bicyclic) bond motifs is 2. The van der Waals surface area contributed by atoms with Gasteiger partial charge in [0, 0.05) is 28.3 Å². The molecule has 1 aromatic heterocycles. The fourth-order valence-electron chi connectivity index (χ4n) is 7.78. The van der Waals surface area contributed by atoms with E-state index < -0.39 is 197 Å². The molecule has 1 heterocycles. The lowest BCUT2D eigenvalue weighted by Crippen LogP contribution is -2.03. The van der Waals surface area contributed by atoms with Gasteiger partial charge in [0.15, 0.2) is 11.5 Å². The highest BCUT2D eigenvalue weighted by Gasteiger charge is 2.30. The van der Waals surface area contributed by atoms with Gasteiger partial charge < -0.3 is 25.8 Å². The summed E-state index contributed by atoms with van der Waals surface area (Å²) >= 11 is 0. The van der Waals surface area contributed by atoms with Crippen molar-refractivity contribution in [3.8, 4) is 28.9 Å². The van der Waals surface area contributed by atoms with Crippen molar-refractivity contribution in [1.29, 1.82) is 0 Å². The molecule has 0 spiro atoms. The first-order valence-corrected chi connectivity index (χ1v) is 30.8. The number of ether oxygens (including phenoxy) is 1. The van der Waals surface area contributed by atoms with Crippen molar-refractivity contribution in [2.45, 2.75) is 36.3 Å². The summed E-state index contributed by atoms with van der Waals surface area (Å²) in [7, 11) is -32.0. The average molecular weight is 1310 g/mol. The molecular weight excluding hydrogens is 1280 g/mol. The number of azo groups is 4. The lowest BCUT2D eigenvalue weighted by atomic mass is 10.1. The summed E-state index contributed by atoms with van der Waals surface area (Å²) in [6, 6.07) is 11.5. The van der Waals surface area contributed by atoms with Crippen molar-refractivity contribution in [3.63, 3.8) is 0 Å². The Morgan fingerprint density at radius 2 is 1.03 bits per heavy atom. The van der Waals surface area contributed by atoms with Crippen LogP contribution in [0.15, 0.2) is 161 Å². The Hall–Kier alpha value is -9.80. The fourth-order valence-corrected chi connectivity index (χ4v) is 11.7. The number of phenolic OH excluding ortho intramolecular Hbond substituents is 2. The predicted molar refractivity (Wildman–Crippen MR) is 287 cm³/mol. The highest BCUT2D eigenvalue weighted by Crippen LogP contribution is 2.49. The molecule has 0 amide bonds. The molecule has 0 fully saturated rings. The second kappa shape index (κ2) is 22.3. The van der Waals surface area contributed by atoms with Crippen molar-refractivity contribution >= 4 is 146 Å². The van der Waals surface area contributed by atoms with E-state index in [0.29, 0.717) is 35.0 Å². The molecule has 448 valence electrons. The average Bonchev–Trinajstić information content (AvgIpc) is 1.11. The summed E-state index contributed by atoms with van der Waals surface area (Å²) in [5, 5.41) is 75.4. The third-order valence-electron chi connectivity index (χ3n) is 11.6. The molecule has 8 rings (SSSR count). The smallest absolute Gasteiger partial charge is 0.299 e. The summed E-state index contributed by atoms with van der Waals surface area (Å²) in [6.07, 6.45) is 0. The molecule has 7 aromatic carbocycles. The van der Waals surface area contributed by atoms with Gasteiger partial charge in [0.25, 0.3) is 78.7 Å². The minimum Gasteiger partial charge on any atom is -0.505 e. The number of carbonyl (C=O) groups is 1. The molecular formula is C43H30N12O25S6. The zero-order valence-corrected chi connectivity index (χ0v) is 46.6. The van der Waals surface area contributed by atoms with Gasteiger partial charge in [-0.15, -0.1) is 40.9 Å². The summed E-state index contributed by atoms with van der Waals surface area (Å²) in [6.45, 7) is 1.04. The van der Waals surface area contributed by atoms with E-state index in [9.17, 15) is 108 Å². The number of aromatic hydroxyl groups is 3. The third kappa shape index (κ3) is 12.5. The standard InChI is InChI=1S/C43H30N12O25S6/c1-18-12-29(49-52-38-42(80-17-56)53-54(43(38)59)19-2-5-21(6-3-19)81(62,63)64)33(84(71,72)73)15-28(18)48-51-37-34(85(74,75)76)14-24-22(39(37)57)7-11-27(41(24)86(77,78)79)47-50-30-16-31(82(65,66)67)23-8-10-26(40(58)35(23)36(30)44)46-45-25-9-4-20(55(60)61)13-32(25)83(68,69)70/h2-17,57-59H,44H2,1H3,(H,62,63,64)(H,65,66,67)(H,68,69,70)(H,71,72,73)(H,74,75,76)(H,77,78,79). The van der Waals surface area contributed by atoms with E-state index in [4.69, 9.17) is 10.5 Å². The Morgan fingerprint density at radius 1 is 0.523 bits per heavy atom. The number of rotatable bonds is 18. The van der Waals surface area contributed by atoms with Gasteiger partial charge in [0.2, 0.25) is 11.6 Å². The molecule has 0 atom stereocenters. The second-order valence-corrected chi connectivity index (χ2v) is 25.3. The van der Waals surface area contributed by atoms with E-state index in [0.717, 1.165) is 60.7 Å². The van der Waals surface area contributed by atoms with Crippen LogP contribution in [-0.4, -0.2) is 114 Å². The normalized spacial score (nSPS) is 13.1. The summed E-state index contributed by atoms with van der Waals surface area (Å²) in [4.78, 5) is 14.8. The molecule has 0 aliphatic rings. The van der Waals surface area contributed by atoms with Gasteiger partial charge in [-0.25, -0.2) is 0 Å². The number of hydrogen-bond donors (Lipinski definition) is 10. The van der Waals surface area contributed by atoms with Gasteiger partial charge in [-0.1, -0.05) is 6.07 Å². The molecule has 0 saturated heterocycles. The van der Waals surface area contributed by atoms with Crippen LogP contribution in [0.2, 0.25) is 0 Å². The molecule has 0 saturated carbocycles. The number of nitro benzene ring substituents is 1. The molecule has 86 heavy (non-hydrogen) atoms. The molecule has 0 aliphatic carbocycles. The molecule has 37 nitrogen and oxygen atoms in total. The number of carbonyl (C=O) groups excluding carboxylic acids is 1. The number of anilines is 1. The van der Waals surface area contributed by atoms with Crippen molar-refractivity contribution in [2.24, 2.45) is 40.9 Å². The summed E-state index contributed by atoms with van der Waals surface area (Å²) in [5.74, 6) is -4.10. The molecule has 0 bridgehead atoms. The quantitative estimate of drug-likeness (QED) is 0.00978. The van der Waals surface area contributed by atoms with Crippen LogP contribution in [0.4, 0.5) is 56.9 Å². The number of phenols is 2. The third-order valence-corrected chi connectivity index (χ3v) is 16.9. The van der Waals surface area contributed by atoms with E-state index in [-0.39, 0.29) is 17.7 Å². The van der Waals surface area contributed by atoms with Crippen LogP contribution in [0, 0.1) is 17.0 Å². The topological polar surface area (TPSA) is 599 Å². The predicted octanol–water partition coefficient (Wildman–Crippen LogP) is 7.77. The van der Waals surface area contributed by atoms with Crippen molar-refractivity contribution < 1.29 is 108 Å². The van der Waals surface area contributed by atoms with Crippen LogP contribution in [-0.2, 0) is 65.5 Å². The molecule has 43 heteroatoms. The number of aromatic nitrogens is 2. The highest BCUT2D eigenvalue weighted by atomic mass is 32.2. The summed E-state index contributed by atoms with van der Waals surface area (Å²) in [5.41, 5.74) is -1.92. The van der Waals surface area contributed by atoms with Crippen LogP contribution >= 0.6 is 0 Å². The number of nitrogens with zero attached hydrogens (tertiary/aromatic N) is 11. The molecule has 11 N–H and O–H groups in total. The van der Waals surface area contributed by atoms with Gasteiger partial charge >= 0.3 is 0 Å². The molecule has 0 unspecified atom stereocenters. The first-order chi connectivity index (χ1) is 39.8. The van der Waals surface area contributed by atoms with E-state index in [2.05, 4.69) is 46.0 Å². The second-order valence-electron chi connectivity index (χ2n) is 17.0. The Balaban J connectivity index is 1.20. The Bertz CT molecular complexity index is 5140. The number of benzene rings is 7. The van der Waals surface area contributed by atoms with Gasteiger partial charge in [0.1, 0.15) is 58.6 Å². The maximum Gasteiger partial charge on any atom is 0.299 e. The van der Waals surface area contributed by atoms with Crippen molar-refractivity contribution in [1.82, 2.24) is 9.78 Å². The number of nitrogens with two attached hydrogens (primary N) is 1. The Morgan fingerprint density at radius 3 is 1.62 bits per heavy atom. The number of hydrogen-bond acceptors (Lipinski definition) is 29. The van der Waals surface area contributed by atoms with Crippen molar-refractivity contribution in [2.75, 3.05) is 5.73 Å². The lowest BCUT2D eigenvalue weighted by molar-refractivity contribution is -0.385. The largest absolute Gasteiger partial charge is 0.505 e. The van der Waals surface area contributed by atoms with Gasteiger partial charge in [-0.2, -0.15) is 60.3 Å². The Labute approximate surface area is 479 Å². The SMILES string of the molecule is Cc1cc(N=Nc2c(OC=O)nn(-c3ccc(S(=O)(=O)O)cc3)c2O)c(S(=O)(=O)O)cc1N=Nc1c(S(=O)(=O)O)cc2c(S(=O)(=O)O)c(N=Nc3cc(S(=O)(=O)O)c4ccc(N=Nc5ccc([N+](=O)[O-])cc5S(=O)(=O)O)c(O)c4c3N)ccc2c1O. The van der Waals surface area contributed by atoms with Crippen LogP contribution in [0.25, 0.3) is 27.2 Å². The first-order valence-electron chi connectivity index (χ1n) is 22.2. The molecule has 0 radical (unpaired) electrons. The van der Waals surface area contributed by atoms with E-state index in [1.165, 1.54) is 6.92 Å². The summed E-state index contributed by atoms with van der Waals surface area (Å²) < 4.78 is 216. The van der Waals surface area contributed by atoms with Crippen LogP contribution in [0.1, 0.15) is 5.56 Å². The van der Waals surface area contributed by atoms with E-state index in [1.54, 1.807) is 0 Å². The zero-order valence-electron chi connectivity index (χ0n) is 41.7. The fraction of sp³-hybridized carbons (Fsp3) is 0.0233. The number of non-ortho nitro benzene ring substituents is 1. The number of nitrogen functional groups attached to an aromatic ring is 1. The van der Waals surface area contributed by atoms with Crippen molar-refractivity contribution in [3.05, 3.63) is 107 Å². The monoisotopic (exact) mass is 1310 g/mol. The van der Waals surface area contributed by atoms with Gasteiger partial charge in [-0.05, 0) is 85.3 Å². The van der Waals surface area contributed by atoms with Crippen LogP contribution in [0.3, 0.4) is 0 Å². The van der Waals surface area contributed by atoms with Crippen LogP contribution < -0.4 is 10.5 Å². The van der Waals surface area contributed by atoms with E-state index >= 15 is 0 Å². The minimum absolute atomic E-state index is 0.109. The Kier molecular flexibility index (Phi) is 16.2. The molecule has 0 aliphatic heterocycles. The zero-order chi connectivity index (χ0) is 63.6. The molecule has 8 aromatic rings. The van der Waals surface area contributed by atoms with Crippen LogP contribution in [0.5, 0.6) is 23.3 Å². The highest BCUT2D eigenvalue weighted by molar-refractivity contribution is 7.87. The number of aryl methyl sites for hydroxylation is 1. The van der Waals surface area contributed by atoms with Gasteiger partial charge in [-0.3, -0.25) is 42.2 Å². The van der Waals surface area contributed by atoms with Gasteiger partial charge in [0.05, 0.1) is 32.3 Å². The maximum atomic E-state index is 13.1. The maximum absolute atomic E-state index is 13.1. The number of nitro groups is 1. The lowest BCUT2D eigenvalue weighted by Gasteiger charge is -2.13. The van der Waals surface area contributed by atoms with E-state index in [1.807, 2.05) is 0 Å². The first kappa shape index (κ1) is 62.3.